The van der Waals surface area contributed by atoms with Crippen LogP contribution < -0.4 is 0 Å². The molecule has 0 unspecified atom stereocenters. The molecule has 0 saturated carbocycles. The van der Waals surface area contributed by atoms with Crippen molar-refractivity contribution in [2.45, 2.75) is 45.1 Å². The number of hydrogen-bond acceptors (Lipinski definition) is 6. The normalized spacial score (nSPS) is 20.1. The molecular weight excluding hydrogens is 346 g/mol. The van der Waals surface area contributed by atoms with Gasteiger partial charge in [-0.1, -0.05) is 5.16 Å². The molecule has 4 heterocycles. The average molecular weight is 369 g/mol. The number of aryl methyl sites for hydroxylation is 1. The maximum absolute atomic E-state index is 13.2. The highest BCUT2D eigenvalue weighted by Crippen LogP contribution is 2.33. The van der Waals surface area contributed by atoms with E-state index in [1.807, 2.05) is 13.0 Å². The summed E-state index contributed by atoms with van der Waals surface area (Å²) in [4.78, 5) is 38.1. The van der Waals surface area contributed by atoms with Crippen molar-refractivity contribution >= 4 is 11.8 Å². The molecular formula is C19H23N5O3. The van der Waals surface area contributed by atoms with Gasteiger partial charge in [-0.05, 0) is 39.0 Å². The third kappa shape index (κ3) is 3.43. The van der Waals surface area contributed by atoms with E-state index in [1.165, 1.54) is 12.4 Å². The fourth-order valence-electron chi connectivity index (χ4n) is 3.89. The molecule has 0 aromatic carbocycles. The second-order valence-electron chi connectivity index (χ2n) is 7.13. The number of hydrogen-bond donors (Lipinski definition) is 0. The quantitative estimate of drug-likeness (QED) is 0.825. The molecule has 2 aromatic rings. The number of likely N-dealkylation sites (tertiary alicyclic amines) is 2. The Morgan fingerprint density at radius 2 is 1.70 bits per heavy atom. The molecule has 0 N–H and O–H groups in total. The van der Waals surface area contributed by atoms with E-state index < -0.39 is 0 Å². The first-order chi connectivity index (χ1) is 13.1. The third-order valence-electron chi connectivity index (χ3n) is 5.25. The molecule has 0 spiro atoms. The zero-order valence-corrected chi connectivity index (χ0v) is 15.4. The highest BCUT2D eigenvalue weighted by Gasteiger charge is 2.36. The van der Waals surface area contributed by atoms with Crippen molar-refractivity contribution in [1.29, 1.82) is 0 Å². The van der Waals surface area contributed by atoms with Crippen LogP contribution in [0.4, 0.5) is 0 Å². The van der Waals surface area contributed by atoms with E-state index in [0.717, 1.165) is 37.8 Å². The summed E-state index contributed by atoms with van der Waals surface area (Å²) >= 11 is 0. The van der Waals surface area contributed by atoms with Crippen LogP contribution in [0.25, 0.3) is 0 Å². The van der Waals surface area contributed by atoms with E-state index in [4.69, 9.17) is 4.52 Å². The number of aromatic nitrogens is 3. The zero-order valence-electron chi connectivity index (χ0n) is 15.4. The van der Waals surface area contributed by atoms with Crippen LogP contribution in [0.3, 0.4) is 0 Å². The summed E-state index contributed by atoms with van der Waals surface area (Å²) in [6, 6.07) is 1.70. The molecule has 0 radical (unpaired) electrons. The molecule has 2 saturated heterocycles. The lowest BCUT2D eigenvalue weighted by Crippen LogP contribution is -2.39. The van der Waals surface area contributed by atoms with E-state index in [-0.39, 0.29) is 29.2 Å². The van der Waals surface area contributed by atoms with Crippen molar-refractivity contribution in [1.82, 2.24) is 24.9 Å². The molecule has 8 nitrogen and oxygen atoms in total. The molecule has 27 heavy (non-hydrogen) atoms. The van der Waals surface area contributed by atoms with Crippen LogP contribution in [-0.4, -0.2) is 56.4 Å². The highest BCUT2D eigenvalue weighted by molar-refractivity contribution is 6.04. The molecule has 1 atom stereocenters. The minimum atomic E-state index is -0.272. The van der Waals surface area contributed by atoms with Crippen LogP contribution in [0.5, 0.6) is 0 Å². The van der Waals surface area contributed by atoms with Gasteiger partial charge in [0.15, 0.2) is 11.4 Å². The Morgan fingerprint density at radius 3 is 2.37 bits per heavy atom. The summed E-state index contributed by atoms with van der Waals surface area (Å²) in [5, 5.41) is 4.07. The maximum Gasteiger partial charge on any atom is 0.275 e. The van der Waals surface area contributed by atoms with Gasteiger partial charge >= 0.3 is 0 Å². The van der Waals surface area contributed by atoms with E-state index >= 15 is 0 Å². The second-order valence-corrected chi connectivity index (χ2v) is 7.13. The summed E-state index contributed by atoms with van der Waals surface area (Å²) in [5.41, 5.74) is 1.01. The zero-order chi connectivity index (χ0) is 18.8. The average Bonchev–Trinajstić information content (AvgIpc) is 3.36. The lowest BCUT2D eigenvalue weighted by molar-refractivity contribution is 0.0678. The number of amides is 2. The van der Waals surface area contributed by atoms with Crippen molar-refractivity contribution < 1.29 is 14.1 Å². The molecule has 8 heteroatoms. The van der Waals surface area contributed by atoms with E-state index in [1.54, 1.807) is 9.80 Å². The van der Waals surface area contributed by atoms with Gasteiger partial charge in [-0.15, -0.1) is 0 Å². The van der Waals surface area contributed by atoms with Crippen molar-refractivity contribution in [2.75, 3.05) is 19.6 Å². The molecule has 4 rings (SSSR count). The van der Waals surface area contributed by atoms with Crippen LogP contribution in [0.15, 0.2) is 23.0 Å². The first-order valence-corrected chi connectivity index (χ1v) is 9.49. The Morgan fingerprint density at radius 1 is 1.00 bits per heavy atom. The van der Waals surface area contributed by atoms with Crippen LogP contribution in [0, 0.1) is 6.92 Å². The number of rotatable bonds is 3. The number of piperidine rings is 1. The SMILES string of the molecule is Cc1cc([C@H]2CCCN2C(=O)c2nccnc2C(=O)N2CCCCC2)no1. The van der Waals surface area contributed by atoms with Gasteiger partial charge in [0.25, 0.3) is 11.8 Å². The van der Waals surface area contributed by atoms with Crippen molar-refractivity contribution in [3.63, 3.8) is 0 Å². The number of nitrogens with zero attached hydrogens (tertiary/aromatic N) is 5. The summed E-state index contributed by atoms with van der Waals surface area (Å²) in [5.74, 6) is 0.232. The molecule has 2 aromatic heterocycles. The van der Waals surface area contributed by atoms with Crippen LogP contribution >= 0.6 is 0 Å². The van der Waals surface area contributed by atoms with Gasteiger partial charge in [0.05, 0.1) is 6.04 Å². The first kappa shape index (κ1) is 17.6. The number of carbonyl (C=O) groups excluding carboxylic acids is 2. The fourth-order valence-corrected chi connectivity index (χ4v) is 3.89. The van der Waals surface area contributed by atoms with Crippen molar-refractivity contribution in [2.24, 2.45) is 0 Å². The summed E-state index contributed by atoms with van der Waals surface area (Å²) < 4.78 is 5.18. The highest BCUT2D eigenvalue weighted by atomic mass is 16.5. The van der Waals surface area contributed by atoms with Crippen LogP contribution in [0.2, 0.25) is 0 Å². The minimum Gasteiger partial charge on any atom is -0.361 e. The monoisotopic (exact) mass is 369 g/mol. The second kappa shape index (κ2) is 7.46. The van der Waals surface area contributed by atoms with E-state index in [0.29, 0.717) is 25.4 Å². The largest absolute Gasteiger partial charge is 0.361 e. The Labute approximate surface area is 157 Å². The summed E-state index contributed by atoms with van der Waals surface area (Å²) in [6.07, 6.45) is 7.71. The van der Waals surface area contributed by atoms with Gasteiger partial charge < -0.3 is 14.3 Å². The molecule has 142 valence electrons. The molecule has 0 aliphatic carbocycles. The number of carbonyl (C=O) groups is 2. The Balaban J connectivity index is 1.61. The molecule has 0 bridgehead atoms. The van der Waals surface area contributed by atoms with Crippen LogP contribution in [-0.2, 0) is 0 Å². The Bertz CT molecular complexity index is 843. The van der Waals surface area contributed by atoms with Gasteiger partial charge in [-0.3, -0.25) is 9.59 Å². The Hall–Kier alpha value is -2.77. The minimum absolute atomic E-state index is 0.125. The van der Waals surface area contributed by atoms with Crippen molar-refractivity contribution in [3.8, 4) is 0 Å². The molecule has 2 amide bonds. The predicted octanol–water partition coefficient (Wildman–Crippen LogP) is 2.38. The topological polar surface area (TPSA) is 92.4 Å². The lowest BCUT2D eigenvalue weighted by atomic mass is 10.1. The van der Waals surface area contributed by atoms with Gasteiger partial charge in [0, 0.05) is 38.1 Å². The third-order valence-corrected chi connectivity index (χ3v) is 5.25. The molecule has 2 aliphatic rings. The lowest BCUT2D eigenvalue weighted by Gasteiger charge is -2.27. The van der Waals surface area contributed by atoms with E-state index in [2.05, 4.69) is 15.1 Å². The predicted molar refractivity (Wildman–Crippen MR) is 96.0 cm³/mol. The Kier molecular flexibility index (Phi) is 4.87. The van der Waals surface area contributed by atoms with Gasteiger partial charge in [-0.2, -0.15) is 0 Å². The molecule has 2 aliphatic heterocycles. The fraction of sp³-hybridized carbons (Fsp3) is 0.526. The van der Waals surface area contributed by atoms with Gasteiger partial charge in [-0.25, -0.2) is 9.97 Å². The van der Waals surface area contributed by atoms with E-state index in [9.17, 15) is 9.59 Å². The van der Waals surface area contributed by atoms with Gasteiger partial charge in [0.1, 0.15) is 11.5 Å². The van der Waals surface area contributed by atoms with Crippen LogP contribution in [0.1, 0.15) is 70.6 Å². The smallest absolute Gasteiger partial charge is 0.275 e. The first-order valence-electron chi connectivity index (χ1n) is 9.49. The van der Waals surface area contributed by atoms with Gasteiger partial charge in [0.2, 0.25) is 0 Å². The van der Waals surface area contributed by atoms with Crippen molar-refractivity contribution in [3.05, 3.63) is 41.3 Å². The molecule has 2 fully saturated rings. The summed E-state index contributed by atoms with van der Waals surface area (Å²) in [6.45, 7) is 3.83. The standard InChI is InChI=1S/C19H23N5O3/c1-13-12-14(22-27-13)15-6-5-11-24(15)19(26)17-16(20-7-8-21-17)18(25)23-9-3-2-4-10-23/h7-8,12,15H,2-6,9-11H2,1H3/t15-/m1/s1. The summed E-state index contributed by atoms with van der Waals surface area (Å²) in [7, 11) is 0. The maximum atomic E-state index is 13.2.